The van der Waals surface area contributed by atoms with Crippen molar-refractivity contribution in [1.82, 2.24) is 14.9 Å². The van der Waals surface area contributed by atoms with Crippen LogP contribution in [-0.4, -0.2) is 34.1 Å². The number of esters is 1. The Balaban J connectivity index is 1.62. The number of amides is 1. The molecule has 1 aromatic carbocycles. The first-order valence-electron chi connectivity index (χ1n) is 10.8. The number of hydrogen-bond acceptors (Lipinski definition) is 5. The molecule has 0 saturated heterocycles. The zero-order valence-electron chi connectivity index (χ0n) is 19.1. The summed E-state index contributed by atoms with van der Waals surface area (Å²) in [6.45, 7) is 3.65. The summed E-state index contributed by atoms with van der Waals surface area (Å²) < 4.78 is 45.0. The van der Waals surface area contributed by atoms with E-state index in [-0.39, 0.29) is 18.7 Å². The smallest absolute Gasteiger partial charge is 0.391 e. The molecule has 0 aliphatic carbocycles. The molecule has 0 saturated carbocycles. The summed E-state index contributed by atoms with van der Waals surface area (Å²) in [5, 5.41) is 2.28. The Labute approximate surface area is 199 Å². The maximum atomic E-state index is 13.0. The number of hydrogen-bond donors (Lipinski definition) is 1. The Bertz CT molecular complexity index is 1250. The molecule has 10 heteroatoms. The van der Waals surface area contributed by atoms with Crippen molar-refractivity contribution in [2.75, 3.05) is 6.54 Å². The third kappa shape index (κ3) is 7.02. The number of carbonyl (C=O) groups is 2. The lowest BCUT2D eigenvalue weighted by Gasteiger charge is -2.20. The number of nitrogens with one attached hydrogen (secondary N) is 1. The summed E-state index contributed by atoms with van der Waals surface area (Å²) in [5.41, 5.74) is 3.06. The van der Waals surface area contributed by atoms with Crippen LogP contribution >= 0.6 is 0 Å². The number of aromatic nitrogens is 2. The number of aryl methyl sites for hydroxylation is 2. The van der Waals surface area contributed by atoms with Crippen molar-refractivity contribution < 1.29 is 27.5 Å². The van der Waals surface area contributed by atoms with Gasteiger partial charge in [0.2, 0.25) is 5.91 Å². The van der Waals surface area contributed by atoms with E-state index < -0.39 is 36.1 Å². The van der Waals surface area contributed by atoms with Crippen LogP contribution < -0.4 is 15.6 Å². The number of alkyl halides is 3. The molecule has 1 unspecified atom stereocenters. The molecule has 2 aromatic heterocycles. The normalized spacial score (nSPS) is 12.1. The number of ether oxygens (including phenoxy) is 1. The van der Waals surface area contributed by atoms with Gasteiger partial charge in [-0.15, -0.1) is 0 Å². The molecule has 7 nitrogen and oxygen atoms in total. The number of nitrogens with zero attached hydrogens (tertiary/aromatic N) is 2. The number of pyridine rings is 2. The molecule has 0 spiro atoms. The van der Waals surface area contributed by atoms with Crippen LogP contribution in [0.4, 0.5) is 13.2 Å². The van der Waals surface area contributed by atoms with E-state index in [2.05, 4.69) is 10.3 Å². The van der Waals surface area contributed by atoms with Gasteiger partial charge in [-0.25, -0.2) is 0 Å². The van der Waals surface area contributed by atoms with Crippen molar-refractivity contribution in [3.63, 3.8) is 0 Å². The Morgan fingerprint density at radius 1 is 1.09 bits per heavy atom. The summed E-state index contributed by atoms with van der Waals surface area (Å²) >= 11 is 0. The predicted octanol–water partition coefficient (Wildman–Crippen LogP) is 4.13. The topological polar surface area (TPSA) is 90.3 Å². The third-order valence-electron chi connectivity index (χ3n) is 5.26. The van der Waals surface area contributed by atoms with Gasteiger partial charge in [0.1, 0.15) is 11.8 Å². The maximum Gasteiger partial charge on any atom is 0.391 e. The van der Waals surface area contributed by atoms with Gasteiger partial charge in [-0.1, -0.05) is 24.3 Å². The van der Waals surface area contributed by atoms with Crippen LogP contribution in [0.15, 0.2) is 65.8 Å². The minimum atomic E-state index is -4.68. The molecule has 0 bridgehead atoms. The summed E-state index contributed by atoms with van der Waals surface area (Å²) in [6.07, 6.45) is -2.35. The largest absolute Gasteiger partial charge is 0.425 e. The molecular weight excluding hydrogens is 463 g/mol. The second-order valence-corrected chi connectivity index (χ2v) is 7.97. The first kappa shape index (κ1) is 25.7. The highest BCUT2D eigenvalue weighted by molar-refractivity contribution is 5.81. The fourth-order valence-corrected chi connectivity index (χ4v) is 3.70. The van der Waals surface area contributed by atoms with Crippen molar-refractivity contribution in [3.05, 3.63) is 82.5 Å². The van der Waals surface area contributed by atoms with Crippen molar-refractivity contribution in [2.45, 2.75) is 38.9 Å². The molecule has 35 heavy (non-hydrogen) atoms. The Kier molecular flexibility index (Phi) is 8.06. The van der Waals surface area contributed by atoms with Crippen LogP contribution in [0, 0.1) is 13.8 Å². The van der Waals surface area contributed by atoms with E-state index in [1.807, 2.05) is 32.0 Å². The van der Waals surface area contributed by atoms with Gasteiger partial charge in [-0.3, -0.25) is 19.4 Å². The van der Waals surface area contributed by atoms with Crippen molar-refractivity contribution in [3.8, 4) is 16.9 Å². The fraction of sp³-hybridized carbons (Fsp3) is 0.280. The van der Waals surface area contributed by atoms with Crippen LogP contribution in [0.5, 0.6) is 5.75 Å². The van der Waals surface area contributed by atoms with Gasteiger partial charge in [0, 0.05) is 30.6 Å². The molecule has 3 aromatic rings. The molecule has 0 radical (unpaired) electrons. The van der Waals surface area contributed by atoms with Crippen LogP contribution in [0.2, 0.25) is 0 Å². The number of rotatable bonds is 8. The van der Waals surface area contributed by atoms with E-state index in [0.29, 0.717) is 4.57 Å². The third-order valence-corrected chi connectivity index (χ3v) is 5.26. The first-order valence-corrected chi connectivity index (χ1v) is 10.8. The lowest BCUT2D eigenvalue weighted by molar-refractivity contribution is -0.152. The van der Waals surface area contributed by atoms with Crippen molar-refractivity contribution in [2.24, 2.45) is 0 Å². The average molecular weight is 487 g/mol. The highest BCUT2D eigenvalue weighted by atomic mass is 19.4. The van der Waals surface area contributed by atoms with Gasteiger partial charge in [-0.2, -0.15) is 13.2 Å². The molecule has 1 amide bonds. The number of benzene rings is 1. The number of carbonyl (C=O) groups excluding carboxylic acids is 2. The van der Waals surface area contributed by atoms with Gasteiger partial charge in [0.15, 0.2) is 0 Å². The lowest BCUT2D eigenvalue weighted by atomic mass is 9.97. The highest BCUT2D eigenvalue weighted by Gasteiger charge is 2.36. The standard InChI is InChI=1S/C25H24F3N3O4/c1-16-6-5-7-17(2)23(16)18-12-19(15-29-14-18)35-22(33)9-10-30-24(34)20(13-25(26,27)28)31-11-4-3-8-21(31)32/h3-8,11-12,14-15,20H,9-10,13H2,1-2H3,(H,30,34). The van der Waals surface area contributed by atoms with Gasteiger partial charge < -0.3 is 14.6 Å². The van der Waals surface area contributed by atoms with Gasteiger partial charge >= 0.3 is 12.1 Å². The molecule has 0 aliphatic heterocycles. The van der Waals surface area contributed by atoms with Crippen molar-refractivity contribution in [1.29, 1.82) is 0 Å². The van der Waals surface area contributed by atoms with E-state index in [1.54, 1.807) is 12.3 Å². The maximum absolute atomic E-state index is 13.0. The Morgan fingerprint density at radius 3 is 2.46 bits per heavy atom. The summed E-state index contributed by atoms with van der Waals surface area (Å²) in [6, 6.07) is 9.51. The van der Waals surface area contributed by atoms with Crippen LogP contribution in [0.25, 0.3) is 11.1 Å². The average Bonchev–Trinajstić information content (AvgIpc) is 2.77. The molecule has 2 heterocycles. The molecule has 1 atom stereocenters. The van der Waals surface area contributed by atoms with Gasteiger partial charge in [0.25, 0.3) is 5.56 Å². The van der Waals surface area contributed by atoms with Gasteiger partial charge in [-0.05, 0) is 42.7 Å². The first-order chi connectivity index (χ1) is 16.5. The summed E-state index contributed by atoms with van der Waals surface area (Å²) in [5.74, 6) is -1.52. The van der Waals surface area contributed by atoms with Crippen LogP contribution in [-0.2, 0) is 9.59 Å². The summed E-state index contributed by atoms with van der Waals surface area (Å²) in [4.78, 5) is 40.8. The summed E-state index contributed by atoms with van der Waals surface area (Å²) in [7, 11) is 0. The molecule has 0 fully saturated rings. The fourth-order valence-electron chi connectivity index (χ4n) is 3.70. The second kappa shape index (κ2) is 11.0. The lowest BCUT2D eigenvalue weighted by Crippen LogP contribution is -2.40. The molecule has 0 aliphatic rings. The van der Waals surface area contributed by atoms with Crippen LogP contribution in [0.1, 0.15) is 30.0 Å². The minimum Gasteiger partial charge on any atom is -0.425 e. The van der Waals surface area contributed by atoms with E-state index >= 15 is 0 Å². The van der Waals surface area contributed by atoms with E-state index in [4.69, 9.17) is 4.74 Å². The zero-order chi connectivity index (χ0) is 25.6. The van der Waals surface area contributed by atoms with Gasteiger partial charge in [0.05, 0.1) is 19.0 Å². The number of halogens is 3. The molecule has 184 valence electrons. The van der Waals surface area contributed by atoms with E-state index in [1.165, 1.54) is 18.3 Å². The minimum absolute atomic E-state index is 0.201. The quantitative estimate of drug-likeness (QED) is 0.483. The monoisotopic (exact) mass is 487 g/mol. The molecular formula is C25H24F3N3O4. The zero-order valence-corrected chi connectivity index (χ0v) is 19.1. The van der Waals surface area contributed by atoms with E-state index in [9.17, 15) is 27.6 Å². The SMILES string of the molecule is Cc1cccc(C)c1-c1cncc(OC(=O)CCNC(=O)C(CC(F)(F)F)n2ccccc2=O)c1. The Morgan fingerprint density at radius 2 is 1.80 bits per heavy atom. The predicted molar refractivity (Wildman–Crippen MR) is 123 cm³/mol. The Hall–Kier alpha value is -3.95. The highest BCUT2D eigenvalue weighted by Crippen LogP contribution is 2.29. The van der Waals surface area contributed by atoms with Crippen LogP contribution in [0.3, 0.4) is 0 Å². The van der Waals surface area contributed by atoms with E-state index in [0.717, 1.165) is 34.5 Å². The van der Waals surface area contributed by atoms with Crippen molar-refractivity contribution >= 4 is 11.9 Å². The molecule has 3 rings (SSSR count). The second-order valence-electron chi connectivity index (χ2n) is 7.97. The molecule has 1 N–H and O–H groups in total.